The molecule has 5 nitrogen and oxygen atoms in total. The third-order valence-corrected chi connectivity index (χ3v) is 2.13. The van der Waals surface area contributed by atoms with E-state index in [1.54, 1.807) is 18.2 Å². The zero-order valence-corrected chi connectivity index (χ0v) is 11.6. The Balaban J connectivity index is 2.98. The number of rotatable bonds is 4. The lowest BCUT2D eigenvalue weighted by molar-refractivity contribution is 0.198. The average Bonchev–Trinajstić information content (AvgIpc) is 2.38. The Morgan fingerprint density at radius 1 is 1.35 bits per heavy atom. The summed E-state index contributed by atoms with van der Waals surface area (Å²) >= 11 is 0. The van der Waals surface area contributed by atoms with Crippen LogP contribution in [0.25, 0.3) is 0 Å². The number of halogens is 1. The Morgan fingerprint density at radius 2 is 2.00 bits per heavy atom. The van der Waals surface area contributed by atoms with Crippen molar-refractivity contribution < 1.29 is 9.13 Å². The molecule has 0 heterocycles. The molecule has 0 atom stereocenters. The number of nitrogens with one attached hydrogen (secondary N) is 1. The minimum Gasteiger partial charge on any atom is -0.491 e. The minimum absolute atomic E-state index is 0.000231. The maximum Gasteiger partial charge on any atom is 0.237 e. The summed E-state index contributed by atoms with van der Waals surface area (Å²) in [6, 6.07) is 7.50. The van der Waals surface area contributed by atoms with Crippen LogP contribution in [0.5, 0.6) is 5.75 Å². The molecule has 1 N–H and O–H groups in total. The van der Waals surface area contributed by atoms with Gasteiger partial charge < -0.3 is 4.74 Å². The predicted molar refractivity (Wildman–Crippen MR) is 73.6 cm³/mol. The van der Waals surface area contributed by atoms with Gasteiger partial charge in [0.15, 0.2) is 5.82 Å². The molecule has 0 amide bonds. The summed E-state index contributed by atoms with van der Waals surface area (Å²) in [6.45, 7) is 6.35. The van der Waals surface area contributed by atoms with E-state index in [2.05, 4.69) is 10.5 Å². The third kappa shape index (κ3) is 4.58. The highest BCUT2D eigenvalue weighted by molar-refractivity contribution is 6.10. The van der Waals surface area contributed by atoms with E-state index in [1.807, 2.05) is 20.8 Å². The van der Waals surface area contributed by atoms with Crippen molar-refractivity contribution in [2.75, 3.05) is 12.0 Å². The van der Waals surface area contributed by atoms with Crippen LogP contribution in [0.1, 0.15) is 20.8 Å². The van der Waals surface area contributed by atoms with Gasteiger partial charge in [0.25, 0.3) is 0 Å². The van der Waals surface area contributed by atoms with E-state index in [9.17, 15) is 4.39 Å². The Labute approximate surface area is 117 Å². The fraction of sp³-hybridized carbons (Fsp3) is 0.357. The van der Waals surface area contributed by atoms with Crippen molar-refractivity contribution in [1.29, 1.82) is 10.5 Å². The molecular formula is C14H15FN4O. The van der Waals surface area contributed by atoms with Crippen LogP contribution >= 0.6 is 0 Å². The number of hydrogen-bond acceptors (Lipinski definition) is 5. The fourth-order valence-electron chi connectivity index (χ4n) is 1.21. The van der Waals surface area contributed by atoms with Crippen LogP contribution < -0.4 is 10.2 Å². The quantitative estimate of drug-likeness (QED) is 0.675. The molecule has 0 aliphatic rings. The second kappa shape index (κ2) is 6.53. The second-order valence-electron chi connectivity index (χ2n) is 5.26. The summed E-state index contributed by atoms with van der Waals surface area (Å²) in [4.78, 5) is 0. The normalized spacial score (nSPS) is 10.1. The molecule has 1 aromatic rings. The Kier molecular flexibility index (Phi) is 5.05. The number of anilines is 1. The minimum atomic E-state index is -0.574. The molecular weight excluding hydrogens is 259 g/mol. The maximum atomic E-state index is 13.8. The van der Waals surface area contributed by atoms with Crippen LogP contribution in [-0.2, 0) is 0 Å². The molecule has 0 fully saturated rings. The van der Waals surface area contributed by atoms with Gasteiger partial charge in [-0.1, -0.05) is 26.8 Å². The van der Waals surface area contributed by atoms with Crippen LogP contribution in [0.2, 0.25) is 0 Å². The number of para-hydroxylation sites is 1. The van der Waals surface area contributed by atoms with Gasteiger partial charge in [-0.15, -0.1) is 0 Å². The molecule has 0 radical (unpaired) electrons. The lowest BCUT2D eigenvalue weighted by Crippen LogP contribution is -2.17. The zero-order valence-electron chi connectivity index (χ0n) is 11.6. The van der Waals surface area contributed by atoms with Crippen molar-refractivity contribution in [3.63, 3.8) is 0 Å². The van der Waals surface area contributed by atoms with Crippen molar-refractivity contribution in [3.05, 3.63) is 24.0 Å². The maximum absolute atomic E-state index is 13.8. The molecule has 1 rings (SSSR count). The molecule has 0 aromatic heterocycles. The van der Waals surface area contributed by atoms with Gasteiger partial charge >= 0.3 is 0 Å². The third-order valence-electron chi connectivity index (χ3n) is 2.13. The number of hydrogen-bond donors (Lipinski definition) is 1. The molecule has 104 valence electrons. The standard InChI is InChI=1S/C14H15FN4O/c1-14(2,3)9-20-12-6-4-5-11(15)13(12)19-18-10(7-16)8-17/h4-6,19H,9H2,1-3H3. The summed E-state index contributed by atoms with van der Waals surface area (Å²) in [5.41, 5.74) is 1.88. The van der Waals surface area contributed by atoms with Crippen LogP contribution in [0, 0.1) is 33.9 Å². The van der Waals surface area contributed by atoms with E-state index >= 15 is 0 Å². The first-order chi connectivity index (χ1) is 9.37. The first kappa shape index (κ1) is 15.5. The summed E-state index contributed by atoms with van der Waals surface area (Å²) in [6.07, 6.45) is 0. The first-order valence-corrected chi connectivity index (χ1v) is 5.92. The van der Waals surface area contributed by atoms with Crippen LogP contribution in [0.4, 0.5) is 10.1 Å². The van der Waals surface area contributed by atoms with E-state index in [0.29, 0.717) is 6.61 Å². The Bertz CT molecular complexity index is 575. The molecule has 0 aliphatic heterocycles. The number of nitriles is 2. The van der Waals surface area contributed by atoms with E-state index in [1.165, 1.54) is 12.1 Å². The van der Waals surface area contributed by atoms with Gasteiger partial charge in [0.05, 0.1) is 6.61 Å². The van der Waals surface area contributed by atoms with Crippen LogP contribution in [0.3, 0.4) is 0 Å². The molecule has 0 saturated carbocycles. The summed E-state index contributed by atoms with van der Waals surface area (Å²) in [5, 5.41) is 20.7. The lowest BCUT2D eigenvalue weighted by atomic mass is 9.99. The Hall–Kier alpha value is -2.60. The average molecular weight is 274 g/mol. The van der Waals surface area contributed by atoms with Crippen LogP contribution in [-0.4, -0.2) is 12.3 Å². The lowest BCUT2D eigenvalue weighted by Gasteiger charge is -2.20. The highest BCUT2D eigenvalue weighted by Crippen LogP contribution is 2.29. The smallest absolute Gasteiger partial charge is 0.237 e. The van der Waals surface area contributed by atoms with Gasteiger partial charge in [0.2, 0.25) is 5.71 Å². The van der Waals surface area contributed by atoms with E-state index in [0.717, 1.165) is 0 Å². The van der Waals surface area contributed by atoms with Gasteiger partial charge in [0, 0.05) is 0 Å². The number of benzene rings is 1. The highest BCUT2D eigenvalue weighted by Gasteiger charge is 2.15. The van der Waals surface area contributed by atoms with Crippen molar-refractivity contribution >= 4 is 11.4 Å². The molecule has 1 aromatic carbocycles. The predicted octanol–water partition coefficient (Wildman–Crippen LogP) is 3.07. The molecule has 0 aliphatic carbocycles. The van der Waals surface area contributed by atoms with Crippen LogP contribution in [0.15, 0.2) is 23.3 Å². The number of nitrogens with zero attached hydrogens (tertiary/aromatic N) is 3. The summed E-state index contributed by atoms with van der Waals surface area (Å²) in [5.74, 6) is -0.297. The van der Waals surface area contributed by atoms with Gasteiger partial charge in [-0.3, -0.25) is 5.43 Å². The monoisotopic (exact) mass is 274 g/mol. The SMILES string of the molecule is CC(C)(C)COc1cccc(F)c1NN=C(C#N)C#N. The van der Waals surface area contributed by atoms with Crippen molar-refractivity contribution in [3.8, 4) is 17.9 Å². The topological polar surface area (TPSA) is 81.2 Å². The second-order valence-corrected chi connectivity index (χ2v) is 5.26. The van der Waals surface area contributed by atoms with Gasteiger partial charge in [-0.2, -0.15) is 15.6 Å². The van der Waals surface area contributed by atoms with Gasteiger partial charge in [-0.05, 0) is 17.5 Å². The van der Waals surface area contributed by atoms with E-state index in [4.69, 9.17) is 15.3 Å². The number of hydrazone groups is 1. The van der Waals surface area contributed by atoms with Crippen molar-refractivity contribution in [2.24, 2.45) is 10.5 Å². The largest absolute Gasteiger partial charge is 0.491 e. The van der Waals surface area contributed by atoms with Gasteiger partial charge in [-0.25, -0.2) is 4.39 Å². The van der Waals surface area contributed by atoms with Crippen molar-refractivity contribution in [1.82, 2.24) is 0 Å². The summed E-state index contributed by atoms with van der Waals surface area (Å²) in [7, 11) is 0. The molecule has 0 saturated heterocycles. The fourth-order valence-corrected chi connectivity index (χ4v) is 1.21. The van der Waals surface area contributed by atoms with Gasteiger partial charge in [0.1, 0.15) is 23.6 Å². The molecule has 0 bridgehead atoms. The first-order valence-electron chi connectivity index (χ1n) is 5.92. The van der Waals surface area contributed by atoms with E-state index in [-0.39, 0.29) is 16.9 Å². The number of ether oxygens (including phenoxy) is 1. The van der Waals surface area contributed by atoms with E-state index < -0.39 is 11.5 Å². The molecule has 0 unspecified atom stereocenters. The van der Waals surface area contributed by atoms with Crippen molar-refractivity contribution in [2.45, 2.75) is 20.8 Å². The molecule has 6 heteroatoms. The zero-order chi connectivity index (χ0) is 15.2. The molecule has 20 heavy (non-hydrogen) atoms. The highest BCUT2D eigenvalue weighted by atomic mass is 19.1. The summed E-state index contributed by atoms with van der Waals surface area (Å²) < 4.78 is 19.3. The Morgan fingerprint density at radius 3 is 2.55 bits per heavy atom. The molecule has 0 spiro atoms.